The molecule has 4 nitrogen and oxygen atoms in total. The Bertz CT molecular complexity index is 756. The normalized spacial score (nSPS) is 12.2. The fraction of sp³-hybridized carbons (Fsp3) is 0.263. The lowest BCUT2D eigenvalue weighted by molar-refractivity contribution is 0.418. The van der Waals surface area contributed by atoms with Crippen molar-refractivity contribution >= 4 is 11.8 Å². The SMILES string of the molecule is CNC(C)Cc1noc(-c2ccc(CSc3ccccc3)cc2)n1. The van der Waals surface area contributed by atoms with E-state index in [0.717, 1.165) is 23.6 Å². The molecule has 1 aromatic heterocycles. The molecule has 0 saturated carbocycles. The molecule has 3 rings (SSSR count). The highest BCUT2D eigenvalue weighted by Gasteiger charge is 2.11. The molecule has 1 atom stereocenters. The van der Waals surface area contributed by atoms with Crippen LogP contribution in [0.4, 0.5) is 0 Å². The van der Waals surface area contributed by atoms with Crippen LogP contribution in [0.1, 0.15) is 18.3 Å². The van der Waals surface area contributed by atoms with Gasteiger partial charge in [0.2, 0.25) is 0 Å². The number of likely N-dealkylation sites (N-methyl/N-ethyl adjacent to an activating group) is 1. The van der Waals surface area contributed by atoms with Gasteiger partial charge in [-0.15, -0.1) is 11.8 Å². The maximum absolute atomic E-state index is 5.37. The first-order valence-electron chi connectivity index (χ1n) is 8.01. The molecule has 24 heavy (non-hydrogen) atoms. The van der Waals surface area contributed by atoms with E-state index < -0.39 is 0 Å². The molecule has 0 spiro atoms. The van der Waals surface area contributed by atoms with Gasteiger partial charge in [0.25, 0.3) is 5.89 Å². The van der Waals surface area contributed by atoms with E-state index in [1.165, 1.54) is 10.5 Å². The van der Waals surface area contributed by atoms with Crippen LogP contribution in [0.15, 0.2) is 64.0 Å². The van der Waals surface area contributed by atoms with Crippen LogP contribution in [0.25, 0.3) is 11.5 Å². The zero-order valence-electron chi connectivity index (χ0n) is 13.9. The molecule has 0 aliphatic carbocycles. The second kappa shape index (κ2) is 8.13. The summed E-state index contributed by atoms with van der Waals surface area (Å²) < 4.78 is 5.37. The van der Waals surface area contributed by atoms with E-state index in [1.807, 2.05) is 37.0 Å². The summed E-state index contributed by atoms with van der Waals surface area (Å²) in [5, 5.41) is 7.22. The van der Waals surface area contributed by atoms with Gasteiger partial charge in [-0.2, -0.15) is 4.98 Å². The Morgan fingerprint density at radius 2 is 1.83 bits per heavy atom. The number of thioether (sulfide) groups is 1. The maximum Gasteiger partial charge on any atom is 0.257 e. The van der Waals surface area contributed by atoms with Crippen molar-refractivity contribution in [3.8, 4) is 11.5 Å². The van der Waals surface area contributed by atoms with Crippen molar-refractivity contribution in [2.75, 3.05) is 7.05 Å². The van der Waals surface area contributed by atoms with E-state index in [-0.39, 0.29) is 0 Å². The first kappa shape index (κ1) is 16.7. The molecule has 1 N–H and O–H groups in total. The van der Waals surface area contributed by atoms with E-state index in [4.69, 9.17) is 4.52 Å². The standard InChI is InChI=1S/C19H21N3OS/c1-14(20-2)12-18-21-19(23-22-18)16-10-8-15(9-11-16)13-24-17-6-4-3-5-7-17/h3-11,14,20H,12-13H2,1-2H3. The van der Waals surface area contributed by atoms with Crippen molar-refractivity contribution in [2.45, 2.75) is 30.0 Å². The van der Waals surface area contributed by atoms with Gasteiger partial charge in [-0.1, -0.05) is 35.5 Å². The van der Waals surface area contributed by atoms with Crippen LogP contribution in [-0.2, 0) is 12.2 Å². The summed E-state index contributed by atoms with van der Waals surface area (Å²) in [6.45, 7) is 2.09. The molecule has 1 heterocycles. The summed E-state index contributed by atoms with van der Waals surface area (Å²) in [5.41, 5.74) is 2.23. The molecule has 0 amide bonds. The lowest BCUT2D eigenvalue weighted by Crippen LogP contribution is -2.24. The number of rotatable bonds is 7. The second-order valence-corrected chi connectivity index (χ2v) is 6.76. The first-order valence-corrected chi connectivity index (χ1v) is 9.00. The van der Waals surface area contributed by atoms with E-state index in [9.17, 15) is 0 Å². The summed E-state index contributed by atoms with van der Waals surface area (Å²) in [4.78, 5) is 5.75. The summed E-state index contributed by atoms with van der Waals surface area (Å²) >= 11 is 1.83. The minimum absolute atomic E-state index is 0.327. The Labute approximate surface area is 146 Å². The van der Waals surface area contributed by atoms with Gasteiger partial charge in [-0.25, -0.2) is 0 Å². The van der Waals surface area contributed by atoms with Crippen LogP contribution in [0.2, 0.25) is 0 Å². The van der Waals surface area contributed by atoms with E-state index in [2.05, 4.69) is 58.8 Å². The molecule has 0 aliphatic rings. The highest BCUT2D eigenvalue weighted by atomic mass is 32.2. The van der Waals surface area contributed by atoms with Crippen molar-refractivity contribution < 1.29 is 4.52 Å². The molecule has 0 radical (unpaired) electrons. The van der Waals surface area contributed by atoms with Crippen molar-refractivity contribution in [1.82, 2.24) is 15.5 Å². The van der Waals surface area contributed by atoms with Gasteiger partial charge < -0.3 is 9.84 Å². The monoisotopic (exact) mass is 339 g/mol. The van der Waals surface area contributed by atoms with Crippen LogP contribution in [0.3, 0.4) is 0 Å². The van der Waals surface area contributed by atoms with Crippen molar-refractivity contribution in [3.63, 3.8) is 0 Å². The highest BCUT2D eigenvalue weighted by molar-refractivity contribution is 7.98. The number of hydrogen-bond acceptors (Lipinski definition) is 5. The predicted octanol–water partition coefficient (Wildman–Crippen LogP) is 4.18. The Kier molecular flexibility index (Phi) is 5.67. The topological polar surface area (TPSA) is 51.0 Å². The molecule has 0 aliphatic heterocycles. The number of hydrogen-bond donors (Lipinski definition) is 1. The molecular formula is C19H21N3OS. The smallest absolute Gasteiger partial charge is 0.257 e. The summed E-state index contributed by atoms with van der Waals surface area (Å²) in [7, 11) is 1.93. The zero-order chi connectivity index (χ0) is 16.8. The molecule has 0 saturated heterocycles. The van der Waals surface area contributed by atoms with Crippen LogP contribution >= 0.6 is 11.8 Å². The van der Waals surface area contributed by atoms with Gasteiger partial charge in [0.15, 0.2) is 5.82 Å². The highest BCUT2D eigenvalue weighted by Crippen LogP contribution is 2.24. The first-order chi connectivity index (χ1) is 11.7. The van der Waals surface area contributed by atoms with Gasteiger partial charge >= 0.3 is 0 Å². The number of aromatic nitrogens is 2. The summed E-state index contributed by atoms with van der Waals surface area (Å²) in [6, 6.07) is 19.1. The molecule has 5 heteroatoms. The summed E-state index contributed by atoms with van der Waals surface area (Å²) in [6.07, 6.45) is 0.756. The van der Waals surface area contributed by atoms with Crippen LogP contribution in [0, 0.1) is 0 Å². The number of nitrogens with zero attached hydrogens (tertiary/aromatic N) is 2. The predicted molar refractivity (Wildman–Crippen MR) is 98.0 cm³/mol. The average Bonchev–Trinajstić information content (AvgIpc) is 3.09. The van der Waals surface area contributed by atoms with Gasteiger partial charge in [0.05, 0.1) is 0 Å². The third kappa shape index (κ3) is 4.46. The zero-order valence-corrected chi connectivity index (χ0v) is 14.7. The van der Waals surface area contributed by atoms with Gasteiger partial charge in [-0.05, 0) is 43.8 Å². The number of nitrogens with one attached hydrogen (secondary N) is 1. The van der Waals surface area contributed by atoms with Gasteiger partial charge in [0, 0.05) is 28.7 Å². The Morgan fingerprint density at radius 3 is 2.54 bits per heavy atom. The molecule has 1 unspecified atom stereocenters. The van der Waals surface area contributed by atoms with E-state index in [0.29, 0.717) is 11.9 Å². The third-order valence-corrected chi connectivity index (χ3v) is 4.88. The molecule has 124 valence electrons. The van der Waals surface area contributed by atoms with E-state index in [1.54, 1.807) is 0 Å². The molecular weight excluding hydrogens is 318 g/mol. The van der Waals surface area contributed by atoms with Crippen LogP contribution in [0.5, 0.6) is 0 Å². The summed E-state index contributed by atoms with van der Waals surface area (Å²) in [5.74, 6) is 2.25. The molecule has 0 bridgehead atoms. The Balaban J connectivity index is 1.62. The maximum atomic E-state index is 5.37. The van der Waals surface area contributed by atoms with Crippen molar-refractivity contribution in [3.05, 3.63) is 66.0 Å². The lowest BCUT2D eigenvalue weighted by atomic mass is 10.1. The lowest BCUT2D eigenvalue weighted by Gasteiger charge is -2.04. The van der Waals surface area contributed by atoms with Crippen molar-refractivity contribution in [2.24, 2.45) is 0 Å². The minimum Gasteiger partial charge on any atom is -0.334 e. The third-order valence-electron chi connectivity index (χ3n) is 3.80. The average molecular weight is 339 g/mol. The quantitative estimate of drug-likeness (QED) is 0.655. The Morgan fingerprint density at radius 1 is 1.08 bits per heavy atom. The largest absolute Gasteiger partial charge is 0.334 e. The van der Waals surface area contributed by atoms with Crippen LogP contribution < -0.4 is 5.32 Å². The number of benzene rings is 2. The molecule has 2 aromatic carbocycles. The van der Waals surface area contributed by atoms with E-state index >= 15 is 0 Å². The minimum atomic E-state index is 0.327. The molecule has 0 fully saturated rings. The Hall–Kier alpha value is -2.11. The van der Waals surface area contributed by atoms with Gasteiger partial charge in [0.1, 0.15) is 0 Å². The van der Waals surface area contributed by atoms with Crippen LogP contribution in [-0.4, -0.2) is 23.2 Å². The van der Waals surface area contributed by atoms with Gasteiger partial charge in [-0.3, -0.25) is 0 Å². The van der Waals surface area contributed by atoms with Crippen molar-refractivity contribution in [1.29, 1.82) is 0 Å². The second-order valence-electron chi connectivity index (χ2n) is 5.71. The fourth-order valence-electron chi connectivity index (χ4n) is 2.26. The molecule has 3 aromatic rings. The fourth-order valence-corrected chi connectivity index (χ4v) is 3.13.